The molecule has 2 N–H and O–H groups in total. The predicted molar refractivity (Wildman–Crippen MR) is 127 cm³/mol. The number of hydrogen-bond acceptors (Lipinski definition) is 5. The van der Waals surface area contributed by atoms with Gasteiger partial charge in [-0.2, -0.15) is 0 Å². The van der Waals surface area contributed by atoms with E-state index in [1.807, 2.05) is 0 Å². The van der Waals surface area contributed by atoms with Crippen molar-refractivity contribution in [3.05, 3.63) is 65.5 Å². The van der Waals surface area contributed by atoms with Gasteiger partial charge in [0.2, 0.25) is 11.8 Å². The second-order valence-electron chi connectivity index (χ2n) is 8.65. The molecule has 1 aliphatic rings. The van der Waals surface area contributed by atoms with Crippen molar-refractivity contribution >= 4 is 21.7 Å². The van der Waals surface area contributed by atoms with E-state index in [4.69, 9.17) is 10.5 Å². The zero-order valence-electron chi connectivity index (χ0n) is 19.3. The number of primary amides is 1. The van der Waals surface area contributed by atoms with Gasteiger partial charge >= 0.3 is 0 Å². The van der Waals surface area contributed by atoms with Crippen LogP contribution in [-0.2, 0) is 31.6 Å². The van der Waals surface area contributed by atoms with Crippen molar-refractivity contribution < 1.29 is 27.1 Å². The number of rotatable bonds is 13. The van der Waals surface area contributed by atoms with E-state index < -0.39 is 27.0 Å². The lowest BCUT2D eigenvalue weighted by Gasteiger charge is -2.46. The summed E-state index contributed by atoms with van der Waals surface area (Å²) in [6.07, 6.45) is 3.88. The van der Waals surface area contributed by atoms with Gasteiger partial charge in [0.1, 0.15) is 16.9 Å². The normalized spacial score (nSPS) is 17.9. The van der Waals surface area contributed by atoms with Crippen LogP contribution < -0.4 is 10.5 Å². The van der Waals surface area contributed by atoms with E-state index in [-0.39, 0.29) is 23.9 Å². The van der Waals surface area contributed by atoms with Crippen LogP contribution in [0, 0.1) is 11.7 Å². The Balaban J connectivity index is 1.55. The highest BCUT2D eigenvalue weighted by Gasteiger charge is 2.54. The van der Waals surface area contributed by atoms with Crippen molar-refractivity contribution in [3.8, 4) is 5.75 Å². The van der Waals surface area contributed by atoms with Gasteiger partial charge in [0, 0.05) is 13.0 Å². The molecule has 0 radical (unpaired) electrons. The second kappa shape index (κ2) is 11.5. The number of carbonyl (C=O) groups is 2. The number of carbonyl (C=O) groups excluding carboxylic acids is 2. The third-order valence-electron chi connectivity index (χ3n) is 6.10. The average molecular weight is 491 g/mol. The molecule has 3 rings (SSSR count). The Hall–Kier alpha value is -2.94. The van der Waals surface area contributed by atoms with E-state index in [0.717, 1.165) is 31.2 Å². The van der Waals surface area contributed by atoms with Crippen LogP contribution in [0.25, 0.3) is 0 Å². The number of amides is 2. The number of nitrogens with two attached hydrogens (primary N) is 1. The number of hydrogen-bond donors (Lipinski definition) is 1. The van der Waals surface area contributed by atoms with Crippen LogP contribution in [0.15, 0.2) is 48.5 Å². The Bertz CT molecular complexity index is 1090. The molecular formula is C25H31FN2O5S. The predicted octanol–water partition coefficient (Wildman–Crippen LogP) is 3.21. The van der Waals surface area contributed by atoms with Crippen LogP contribution in [0.4, 0.5) is 4.39 Å². The molecule has 2 unspecified atom stereocenters. The van der Waals surface area contributed by atoms with Crippen molar-refractivity contribution in [3.63, 3.8) is 0 Å². The van der Waals surface area contributed by atoms with Crippen LogP contribution in [-0.4, -0.2) is 44.2 Å². The van der Waals surface area contributed by atoms with Gasteiger partial charge in [-0.15, -0.1) is 0 Å². The van der Waals surface area contributed by atoms with Gasteiger partial charge in [0.25, 0.3) is 0 Å². The lowest BCUT2D eigenvalue weighted by Crippen LogP contribution is -2.65. The van der Waals surface area contributed by atoms with Crippen molar-refractivity contribution in [1.82, 2.24) is 4.90 Å². The van der Waals surface area contributed by atoms with Gasteiger partial charge in [-0.05, 0) is 54.7 Å². The number of benzene rings is 2. The topological polar surface area (TPSA) is 107 Å². The van der Waals surface area contributed by atoms with Crippen LogP contribution in [0.5, 0.6) is 5.75 Å². The number of likely N-dealkylation sites (tertiary alicyclic amines) is 1. The van der Waals surface area contributed by atoms with Gasteiger partial charge in [0.05, 0.1) is 18.8 Å². The molecule has 0 bridgehead atoms. The highest BCUT2D eigenvalue weighted by molar-refractivity contribution is 7.91. The van der Waals surface area contributed by atoms with Crippen molar-refractivity contribution in [2.24, 2.45) is 11.7 Å². The van der Waals surface area contributed by atoms with Crippen LogP contribution >= 0.6 is 0 Å². The first-order chi connectivity index (χ1) is 16.2. The molecular weight excluding hydrogens is 459 g/mol. The summed E-state index contributed by atoms with van der Waals surface area (Å²) >= 11 is 0. The van der Waals surface area contributed by atoms with Crippen molar-refractivity contribution in [2.45, 2.75) is 49.7 Å². The van der Waals surface area contributed by atoms with E-state index in [2.05, 4.69) is 0 Å². The number of ether oxygens (including phenoxy) is 1. The summed E-state index contributed by atoms with van der Waals surface area (Å²) in [4.78, 5) is 25.4. The first kappa shape index (κ1) is 25.7. The molecule has 1 saturated heterocycles. The lowest BCUT2D eigenvalue weighted by atomic mass is 9.93. The van der Waals surface area contributed by atoms with E-state index in [1.54, 1.807) is 36.4 Å². The molecule has 0 saturated carbocycles. The molecule has 2 amide bonds. The summed E-state index contributed by atoms with van der Waals surface area (Å²) in [6, 6.07) is 13.1. The summed E-state index contributed by atoms with van der Waals surface area (Å²) < 4.78 is 44.5. The Kier molecular flexibility index (Phi) is 8.66. The van der Waals surface area contributed by atoms with Crippen LogP contribution in [0.1, 0.15) is 43.2 Å². The minimum Gasteiger partial charge on any atom is -0.497 e. The Morgan fingerprint density at radius 3 is 2.24 bits per heavy atom. The van der Waals surface area contributed by atoms with E-state index in [1.165, 1.54) is 24.1 Å². The minimum absolute atomic E-state index is 0.238. The monoisotopic (exact) mass is 490 g/mol. The van der Waals surface area contributed by atoms with Gasteiger partial charge in [-0.25, -0.2) is 12.8 Å². The molecule has 2 aromatic rings. The molecule has 184 valence electrons. The SMILES string of the molecule is COc1ccc(CS(=O)(=O)C2C(CC(N)=O)C(=O)N2CCCCCCc2ccc(F)cc2)cc1. The molecule has 1 heterocycles. The van der Waals surface area contributed by atoms with Gasteiger partial charge in [0.15, 0.2) is 9.84 Å². The van der Waals surface area contributed by atoms with Gasteiger partial charge < -0.3 is 15.4 Å². The maximum Gasteiger partial charge on any atom is 0.230 e. The second-order valence-corrected chi connectivity index (χ2v) is 10.7. The highest BCUT2D eigenvalue weighted by Crippen LogP contribution is 2.35. The lowest BCUT2D eigenvalue weighted by molar-refractivity contribution is -0.153. The smallest absolute Gasteiger partial charge is 0.230 e. The Morgan fingerprint density at radius 1 is 1.00 bits per heavy atom. The molecule has 34 heavy (non-hydrogen) atoms. The molecule has 1 aliphatic heterocycles. The van der Waals surface area contributed by atoms with Gasteiger partial charge in [-0.1, -0.05) is 37.1 Å². The first-order valence-corrected chi connectivity index (χ1v) is 13.1. The Morgan fingerprint density at radius 2 is 1.62 bits per heavy atom. The summed E-state index contributed by atoms with van der Waals surface area (Å²) in [5.41, 5.74) is 6.92. The fourth-order valence-corrected chi connectivity index (χ4v) is 6.48. The third kappa shape index (κ3) is 6.56. The molecule has 2 aromatic carbocycles. The molecule has 0 spiro atoms. The summed E-state index contributed by atoms with van der Waals surface area (Å²) in [5.74, 6) is -1.84. The number of halogens is 1. The van der Waals surface area contributed by atoms with E-state index >= 15 is 0 Å². The average Bonchev–Trinajstić information content (AvgIpc) is 2.80. The van der Waals surface area contributed by atoms with Crippen molar-refractivity contribution in [1.29, 1.82) is 0 Å². The molecule has 0 aromatic heterocycles. The van der Waals surface area contributed by atoms with Crippen LogP contribution in [0.3, 0.4) is 0 Å². The van der Waals surface area contributed by atoms with E-state index in [0.29, 0.717) is 24.3 Å². The highest BCUT2D eigenvalue weighted by atomic mass is 32.2. The summed E-state index contributed by atoms with van der Waals surface area (Å²) in [6.45, 7) is 0.317. The molecule has 9 heteroatoms. The fraction of sp³-hybridized carbons (Fsp3) is 0.440. The number of unbranched alkanes of at least 4 members (excludes halogenated alkanes) is 3. The standard InChI is InChI=1S/C25H31FN2O5S/c1-33-21-13-9-19(10-14-21)17-34(31,32)25-22(16-23(27)29)24(30)28(25)15-5-3-2-4-6-18-7-11-20(26)12-8-18/h7-14,22,25H,2-6,15-17H2,1H3,(H2,27,29). The number of aryl methyl sites for hydroxylation is 1. The third-order valence-corrected chi connectivity index (χ3v) is 8.15. The zero-order valence-corrected chi connectivity index (χ0v) is 20.1. The number of β-lactam (4-membered cyclic amide) rings is 1. The summed E-state index contributed by atoms with van der Waals surface area (Å²) in [5, 5.41) is -1.05. The molecule has 2 atom stereocenters. The summed E-state index contributed by atoms with van der Waals surface area (Å²) in [7, 11) is -2.21. The quantitative estimate of drug-likeness (QED) is 0.343. The zero-order chi connectivity index (χ0) is 24.7. The minimum atomic E-state index is -3.73. The largest absolute Gasteiger partial charge is 0.497 e. The fourth-order valence-electron chi connectivity index (χ4n) is 4.34. The molecule has 7 nitrogen and oxygen atoms in total. The molecule has 1 fully saturated rings. The maximum atomic E-state index is 13.2. The number of nitrogens with zero attached hydrogens (tertiary/aromatic N) is 1. The first-order valence-electron chi connectivity index (χ1n) is 11.4. The maximum absolute atomic E-state index is 13.2. The molecule has 0 aliphatic carbocycles. The van der Waals surface area contributed by atoms with Crippen molar-refractivity contribution in [2.75, 3.05) is 13.7 Å². The number of methoxy groups -OCH3 is 1. The van der Waals surface area contributed by atoms with E-state index in [9.17, 15) is 22.4 Å². The number of sulfone groups is 1. The van der Waals surface area contributed by atoms with Gasteiger partial charge in [-0.3, -0.25) is 9.59 Å². The Labute approximate surface area is 200 Å². The van der Waals surface area contributed by atoms with Crippen LogP contribution in [0.2, 0.25) is 0 Å².